The molecule has 2 heteroatoms. The maximum absolute atomic E-state index is 11.1. The molecule has 1 aromatic rings. The van der Waals surface area contributed by atoms with Gasteiger partial charge in [-0.2, -0.15) is 0 Å². The Hall–Kier alpha value is -1.31. The molecule has 1 heterocycles. The van der Waals surface area contributed by atoms with Crippen LogP contribution in [-0.2, 0) is 9.53 Å². The van der Waals surface area contributed by atoms with Crippen LogP contribution < -0.4 is 0 Å². The molecule has 1 saturated heterocycles. The van der Waals surface area contributed by atoms with Crippen LogP contribution in [-0.4, -0.2) is 5.97 Å². The first-order valence-electron chi connectivity index (χ1n) is 4.53. The molecule has 0 bridgehead atoms. The highest BCUT2D eigenvalue weighted by molar-refractivity contribution is 5.74. The molecular formula is C11H12O2. The third-order valence-corrected chi connectivity index (χ3v) is 2.40. The fourth-order valence-corrected chi connectivity index (χ4v) is 1.59. The molecule has 0 aromatic heterocycles. The van der Waals surface area contributed by atoms with Crippen LogP contribution in [0.5, 0.6) is 0 Å². The van der Waals surface area contributed by atoms with Crippen LogP contribution in [0.4, 0.5) is 0 Å². The van der Waals surface area contributed by atoms with Crippen LogP contribution in [0.2, 0.25) is 0 Å². The van der Waals surface area contributed by atoms with Crippen LogP contribution in [0.15, 0.2) is 30.3 Å². The smallest absolute Gasteiger partial charge is 0.309 e. The van der Waals surface area contributed by atoms with Crippen LogP contribution in [0.3, 0.4) is 0 Å². The van der Waals surface area contributed by atoms with Crippen molar-refractivity contribution in [3.8, 4) is 0 Å². The number of benzene rings is 1. The van der Waals surface area contributed by atoms with Gasteiger partial charge in [-0.1, -0.05) is 37.3 Å². The van der Waals surface area contributed by atoms with Gasteiger partial charge in [0.2, 0.25) is 0 Å². The number of carbonyl (C=O) groups is 1. The van der Waals surface area contributed by atoms with Crippen molar-refractivity contribution >= 4 is 5.97 Å². The summed E-state index contributed by atoms with van der Waals surface area (Å²) in [6.45, 7) is 1.91. The molecular weight excluding hydrogens is 164 g/mol. The van der Waals surface area contributed by atoms with Gasteiger partial charge in [-0.25, -0.2) is 0 Å². The summed E-state index contributed by atoms with van der Waals surface area (Å²) < 4.78 is 5.22. The number of hydrogen-bond donors (Lipinski definition) is 0. The summed E-state index contributed by atoms with van der Waals surface area (Å²) in [6.07, 6.45) is 0.784. The van der Waals surface area contributed by atoms with Gasteiger partial charge < -0.3 is 4.74 Å². The molecule has 1 unspecified atom stereocenters. The number of esters is 1. The topological polar surface area (TPSA) is 26.3 Å². The van der Waals surface area contributed by atoms with E-state index in [1.54, 1.807) is 0 Å². The van der Waals surface area contributed by atoms with Crippen LogP contribution in [0.25, 0.3) is 0 Å². The normalized spacial score (nSPS) is 27.3. The second kappa shape index (κ2) is 3.21. The first-order valence-corrected chi connectivity index (χ1v) is 4.53. The maximum atomic E-state index is 11.1. The lowest BCUT2D eigenvalue weighted by Crippen LogP contribution is -2.01. The van der Waals surface area contributed by atoms with Crippen molar-refractivity contribution in [1.82, 2.24) is 0 Å². The zero-order valence-electron chi connectivity index (χ0n) is 7.57. The van der Waals surface area contributed by atoms with Gasteiger partial charge in [-0.15, -0.1) is 0 Å². The molecule has 2 rings (SSSR count). The lowest BCUT2D eigenvalue weighted by molar-refractivity contribution is -0.144. The lowest BCUT2D eigenvalue weighted by Gasteiger charge is -2.07. The summed E-state index contributed by atoms with van der Waals surface area (Å²) in [7, 11) is 0. The third-order valence-electron chi connectivity index (χ3n) is 2.40. The van der Waals surface area contributed by atoms with E-state index in [0.717, 1.165) is 12.0 Å². The first-order chi connectivity index (χ1) is 6.27. The molecule has 2 atom stereocenters. The van der Waals surface area contributed by atoms with Gasteiger partial charge >= 0.3 is 5.97 Å². The second-order valence-corrected chi connectivity index (χ2v) is 3.47. The Balaban J connectivity index is 2.17. The molecule has 0 N–H and O–H groups in total. The predicted octanol–water partition coefficient (Wildman–Crippen LogP) is 2.31. The van der Waals surface area contributed by atoms with Crippen LogP contribution >= 0.6 is 0 Å². The van der Waals surface area contributed by atoms with Crippen LogP contribution in [0, 0.1) is 5.92 Å². The zero-order chi connectivity index (χ0) is 9.26. The van der Waals surface area contributed by atoms with Gasteiger partial charge in [0.05, 0.1) is 5.92 Å². The van der Waals surface area contributed by atoms with Crippen molar-refractivity contribution in [1.29, 1.82) is 0 Å². The Bertz CT molecular complexity index is 305. The largest absolute Gasteiger partial charge is 0.457 e. The highest BCUT2D eigenvalue weighted by Gasteiger charge is 2.31. The summed E-state index contributed by atoms with van der Waals surface area (Å²) in [5.74, 6) is -0.0286. The molecule has 13 heavy (non-hydrogen) atoms. The summed E-state index contributed by atoms with van der Waals surface area (Å²) in [5, 5.41) is 0. The molecule has 0 radical (unpaired) electrons. The van der Waals surface area contributed by atoms with E-state index in [0.29, 0.717) is 0 Å². The van der Waals surface area contributed by atoms with E-state index in [1.807, 2.05) is 37.3 Å². The van der Waals surface area contributed by atoms with Crippen molar-refractivity contribution in [2.45, 2.75) is 19.4 Å². The van der Waals surface area contributed by atoms with Crippen LogP contribution in [0.1, 0.15) is 25.0 Å². The minimum Gasteiger partial charge on any atom is -0.457 e. The molecule has 0 aliphatic carbocycles. The van der Waals surface area contributed by atoms with Gasteiger partial charge in [0.15, 0.2) is 0 Å². The fraction of sp³-hybridized carbons (Fsp3) is 0.364. The summed E-state index contributed by atoms with van der Waals surface area (Å²) in [4.78, 5) is 11.1. The minimum atomic E-state index is -0.0751. The Morgan fingerprint density at radius 3 is 2.54 bits per heavy atom. The number of hydrogen-bond acceptors (Lipinski definition) is 2. The van der Waals surface area contributed by atoms with E-state index in [4.69, 9.17) is 4.74 Å². The van der Waals surface area contributed by atoms with E-state index >= 15 is 0 Å². The Labute approximate surface area is 77.5 Å². The highest BCUT2D eigenvalue weighted by atomic mass is 16.5. The summed E-state index contributed by atoms with van der Waals surface area (Å²) in [6, 6.07) is 9.88. The summed E-state index contributed by atoms with van der Waals surface area (Å²) in [5.41, 5.74) is 1.10. The van der Waals surface area contributed by atoms with Gasteiger partial charge in [0.25, 0.3) is 0 Å². The van der Waals surface area contributed by atoms with Gasteiger partial charge in [0, 0.05) is 6.42 Å². The van der Waals surface area contributed by atoms with E-state index in [2.05, 4.69) is 0 Å². The molecule has 0 spiro atoms. The van der Waals surface area contributed by atoms with Crippen molar-refractivity contribution in [2.75, 3.05) is 0 Å². The number of cyclic esters (lactones) is 1. The second-order valence-electron chi connectivity index (χ2n) is 3.47. The monoisotopic (exact) mass is 176 g/mol. The fourth-order valence-electron chi connectivity index (χ4n) is 1.59. The predicted molar refractivity (Wildman–Crippen MR) is 49.1 cm³/mol. The molecule has 0 amide bonds. The number of carbonyl (C=O) groups excluding carboxylic acids is 1. The Morgan fingerprint density at radius 1 is 1.31 bits per heavy atom. The van der Waals surface area contributed by atoms with Crippen molar-refractivity contribution < 1.29 is 9.53 Å². The Kier molecular flexibility index (Phi) is 2.05. The standard InChI is InChI=1S/C11H12O2/c1-8-7-10(13-11(8)12)9-5-3-2-4-6-9/h2-6,8,10H,7H2,1H3/t8-,10?/m1/s1. The molecule has 1 fully saturated rings. The van der Waals surface area contributed by atoms with Crippen molar-refractivity contribution in [3.63, 3.8) is 0 Å². The van der Waals surface area contributed by atoms with Gasteiger partial charge in [-0.3, -0.25) is 4.79 Å². The zero-order valence-corrected chi connectivity index (χ0v) is 7.57. The third kappa shape index (κ3) is 1.57. The van der Waals surface area contributed by atoms with Crippen molar-refractivity contribution in [2.24, 2.45) is 5.92 Å². The maximum Gasteiger partial charge on any atom is 0.309 e. The van der Waals surface area contributed by atoms with E-state index in [9.17, 15) is 4.79 Å². The van der Waals surface area contributed by atoms with E-state index < -0.39 is 0 Å². The molecule has 2 nitrogen and oxygen atoms in total. The van der Waals surface area contributed by atoms with E-state index in [-0.39, 0.29) is 18.0 Å². The van der Waals surface area contributed by atoms with Gasteiger partial charge in [-0.05, 0) is 5.56 Å². The lowest BCUT2D eigenvalue weighted by atomic mass is 10.0. The van der Waals surface area contributed by atoms with E-state index in [1.165, 1.54) is 0 Å². The highest BCUT2D eigenvalue weighted by Crippen LogP contribution is 2.32. The molecule has 1 aliphatic rings. The SMILES string of the molecule is C[C@@H]1CC(c2ccccc2)OC1=O. The summed E-state index contributed by atoms with van der Waals surface area (Å²) >= 11 is 0. The minimum absolute atomic E-state index is 0.0244. The molecule has 0 saturated carbocycles. The molecule has 68 valence electrons. The van der Waals surface area contributed by atoms with Crippen molar-refractivity contribution in [3.05, 3.63) is 35.9 Å². The molecule has 1 aliphatic heterocycles. The molecule has 1 aromatic carbocycles. The first kappa shape index (κ1) is 8.30. The Morgan fingerprint density at radius 2 is 2.00 bits per heavy atom. The number of ether oxygens (including phenoxy) is 1. The quantitative estimate of drug-likeness (QED) is 0.614. The average Bonchev–Trinajstić information content (AvgIpc) is 2.49. The average molecular weight is 176 g/mol. The number of rotatable bonds is 1. The van der Waals surface area contributed by atoms with Gasteiger partial charge in [0.1, 0.15) is 6.10 Å².